The van der Waals surface area contributed by atoms with Crippen LogP contribution in [0.5, 0.6) is 0 Å². The largest absolute Gasteiger partial charge is 0.371 e. The lowest BCUT2D eigenvalue weighted by Gasteiger charge is -2.41. The van der Waals surface area contributed by atoms with Crippen molar-refractivity contribution in [1.82, 2.24) is 0 Å². The van der Waals surface area contributed by atoms with Crippen LogP contribution in [0.3, 0.4) is 0 Å². The summed E-state index contributed by atoms with van der Waals surface area (Å²) < 4.78 is 0. The second kappa shape index (κ2) is 5.96. The quantitative estimate of drug-likeness (QED) is 0.882. The van der Waals surface area contributed by atoms with Gasteiger partial charge in [0, 0.05) is 24.8 Å². The minimum atomic E-state index is 0.163. The molecule has 2 heteroatoms. The van der Waals surface area contributed by atoms with Gasteiger partial charge in [-0.2, -0.15) is 0 Å². The van der Waals surface area contributed by atoms with E-state index in [1.165, 1.54) is 30.5 Å². The standard InChI is InChI=1S/C17H28N2/c1-4-15(18)14-8-6-7-9-16(14)19-12-10-17(3,5-2)11-13-19/h6-9,15H,4-5,10-13,18H2,1-3H3/t15-/m0/s1. The molecule has 106 valence electrons. The van der Waals surface area contributed by atoms with Crippen molar-refractivity contribution < 1.29 is 0 Å². The number of benzene rings is 1. The van der Waals surface area contributed by atoms with E-state index >= 15 is 0 Å². The lowest BCUT2D eigenvalue weighted by Crippen LogP contribution is -2.39. The van der Waals surface area contributed by atoms with Crippen LogP contribution in [0.4, 0.5) is 5.69 Å². The van der Waals surface area contributed by atoms with Gasteiger partial charge in [0.2, 0.25) is 0 Å². The molecule has 1 aromatic carbocycles. The van der Waals surface area contributed by atoms with Gasteiger partial charge in [0.25, 0.3) is 0 Å². The zero-order valence-corrected chi connectivity index (χ0v) is 12.7. The van der Waals surface area contributed by atoms with Crippen LogP contribution in [0, 0.1) is 5.41 Å². The van der Waals surface area contributed by atoms with Crippen LogP contribution in [-0.2, 0) is 0 Å². The summed E-state index contributed by atoms with van der Waals surface area (Å²) in [5, 5.41) is 0. The molecule has 1 fully saturated rings. The van der Waals surface area contributed by atoms with E-state index in [1.807, 2.05) is 0 Å². The minimum Gasteiger partial charge on any atom is -0.371 e. The molecule has 1 saturated heterocycles. The summed E-state index contributed by atoms with van der Waals surface area (Å²) in [6, 6.07) is 8.83. The third-order valence-electron chi connectivity index (χ3n) is 4.94. The molecule has 1 aliphatic heterocycles. The molecule has 0 aliphatic carbocycles. The van der Waals surface area contributed by atoms with E-state index in [-0.39, 0.29) is 6.04 Å². The Bertz CT molecular complexity index is 405. The molecule has 0 radical (unpaired) electrons. The first-order chi connectivity index (χ1) is 9.09. The van der Waals surface area contributed by atoms with Crippen molar-refractivity contribution in [3.8, 4) is 0 Å². The molecule has 0 saturated carbocycles. The highest BCUT2D eigenvalue weighted by molar-refractivity contribution is 5.55. The Morgan fingerprint density at radius 1 is 1.21 bits per heavy atom. The Kier molecular flexibility index (Phi) is 4.51. The van der Waals surface area contributed by atoms with Crippen LogP contribution in [0.15, 0.2) is 24.3 Å². The van der Waals surface area contributed by atoms with Crippen LogP contribution >= 0.6 is 0 Å². The normalized spacial score (nSPS) is 20.3. The molecule has 2 N–H and O–H groups in total. The number of nitrogens with two attached hydrogens (primary N) is 1. The molecule has 0 unspecified atom stereocenters. The van der Waals surface area contributed by atoms with Crippen molar-refractivity contribution in [2.75, 3.05) is 18.0 Å². The van der Waals surface area contributed by atoms with E-state index in [1.54, 1.807) is 0 Å². The van der Waals surface area contributed by atoms with E-state index < -0.39 is 0 Å². The second-order valence-electron chi connectivity index (χ2n) is 6.22. The van der Waals surface area contributed by atoms with Crippen molar-refractivity contribution in [1.29, 1.82) is 0 Å². The fraction of sp³-hybridized carbons (Fsp3) is 0.647. The molecule has 1 heterocycles. The van der Waals surface area contributed by atoms with Crippen LogP contribution in [-0.4, -0.2) is 13.1 Å². The fourth-order valence-electron chi connectivity index (χ4n) is 2.95. The third kappa shape index (κ3) is 3.11. The summed E-state index contributed by atoms with van der Waals surface area (Å²) in [4.78, 5) is 2.53. The fourth-order valence-corrected chi connectivity index (χ4v) is 2.95. The number of hydrogen-bond acceptors (Lipinski definition) is 2. The van der Waals surface area contributed by atoms with Crippen LogP contribution in [0.2, 0.25) is 0 Å². The first-order valence-corrected chi connectivity index (χ1v) is 7.69. The predicted molar refractivity (Wildman–Crippen MR) is 83.5 cm³/mol. The van der Waals surface area contributed by atoms with Gasteiger partial charge in [0.05, 0.1) is 0 Å². The molecule has 1 aliphatic rings. The van der Waals surface area contributed by atoms with Gasteiger partial charge in [-0.25, -0.2) is 0 Å². The molecule has 0 amide bonds. The van der Waals surface area contributed by atoms with Crippen LogP contribution in [0.25, 0.3) is 0 Å². The average Bonchev–Trinajstić information content (AvgIpc) is 2.47. The maximum atomic E-state index is 6.25. The zero-order chi connectivity index (χ0) is 13.9. The third-order valence-corrected chi connectivity index (χ3v) is 4.94. The van der Waals surface area contributed by atoms with Crippen molar-refractivity contribution in [3.63, 3.8) is 0 Å². The summed E-state index contributed by atoms with van der Waals surface area (Å²) in [6.07, 6.45) is 4.87. The Morgan fingerprint density at radius 2 is 1.84 bits per heavy atom. The van der Waals surface area contributed by atoms with Gasteiger partial charge < -0.3 is 10.6 Å². The molecule has 1 aromatic rings. The highest BCUT2D eigenvalue weighted by Crippen LogP contribution is 2.37. The predicted octanol–water partition coefficient (Wildman–Crippen LogP) is 4.11. The molecular weight excluding hydrogens is 232 g/mol. The van der Waals surface area contributed by atoms with Gasteiger partial charge in [-0.3, -0.25) is 0 Å². The Balaban J connectivity index is 2.15. The van der Waals surface area contributed by atoms with Gasteiger partial charge in [-0.1, -0.05) is 45.4 Å². The first kappa shape index (κ1) is 14.4. The zero-order valence-electron chi connectivity index (χ0n) is 12.7. The monoisotopic (exact) mass is 260 g/mol. The van der Waals surface area contributed by atoms with Gasteiger partial charge in [-0.05, 0) is 36.3 Å². The van der Waals surface area contributed by atoms with Crippen LogP contribution < -0.4 is 10.6 Å². The molecule has 0 aromatic heterocycles. The number of hydrogen-bond donors (Lipinski definition) is 1. The molecular formula is C17H28N2. The number of para-hydroxylation sites is 1. The topological polar surface area (TPSA) is 29.3 Å². The van der Waals surface area contributed by atoms with Gasteiger partial charge in [-0.15, -0.1) is 0 Å². The lowest BCUT2D eigenvalue weighted by molar-refractivity contribution is 0.238. The number of anilines is 1. The number of nitrogens with zero attached hydrogens (tertiary/aromatic N) is 1. The number of piperidine rings is 1. The molecule has 2 rings (SSSR count). The minimum absolute atomic E-state index is 0.163. The van der Waals surface area contributed by atoms with E-state index in [4.69, 9.17) is 5.73 Å². The van der Waals surface area contributed by atoms with Gasteiger partial charge in [0.1, 0.15) is 0 Å². The molecule has 2 nitrogen and oxygen atoms in total. The SMILES string of the molecule is CC[C@H](N)c1ccccc1N1CCC(C)(CC)CC1. The average molecular weight is 260 g/mol. The smallest absolute Gasteiger partial charge is 0.0414 e. The summed E-state index contributed by atoms with van der Waals surface area (Å²) in [7, 11) is 0. The molecule has 1 atom stereocenters. The lowest BCUT2D eigenvalue weighted by atomic mass is 9.78. The highest BCUT2D eigenvalue weighted by atomic mass is 15.1. The summed E-state index contributed by atoms with van der Waals surface area (Å²) in [6.45, 7) is 9.23. The maximum Gasteiger partial charge on any atom is 0.0414 e. The Labute approximate surface area is 118 Å². The van der Waals surface area contributed by atoms with Crippen molar-refractivity contribution in [2.45, 2.75) is 52.5 Å². The van der Waals surface area contributed by atoms with Crippen LogP contribution in [0.1, 0.15) is 58.1 Å². The highest BCUT2D eigenvalue weighted by Gasteiger charge is 2.29. The summed E-state index contributed by atoms with van der Waals surface area (Å²) >= 11 is 0. The summed E-state index contributed by atoms with van der Waals surface area (Å²) in [5.74, 6) is 0. The number of rotatable bonds is 4. The summed E-state index contributed by atoms with van der Waals surface area (Å²) in [5.41, 5.74) is 9.46. The second-order valence-corrected chi connectivity index (χ2v) is 6.22. The Hall–Kier alpha value is -1.02. The van der Waals surface area contributed by atoms with Crippen molar-refractivity contribution in [2.24, 2.45) is 11.1 Å². The molecule has 19 heavy (non-hydrogen) atoms. The van der Waals surface area contributed by atoms with Crippen molar-refractivity contribution in [3.05, 3.63) is 29.8 Å². The first-order valence-electron chi connectivity index (χ1n) is 7.69. The maximum absolute atomic E-state index is 6.25. The van der Waals surface area contributed by atoms with E-state index in [0.717, 1.165) is 19.5 Å². The Morgan fingerprint density at radius 3 is 2.42 bits per heavy atom. The van der Waals surface area contributed by atoms with E-state index in [9.17, 15) is 0 Å². The van der Waals surface area contributed by atoms with Crippen molar-refractivity contribution >= 4 is 5.69 Å². The van der Waals surface area contributed by atoms with E-state index in [0.29, 0.717) is 5.41 Å². The van der Waals surface area contributed by atoms with E-state index in [2.05, 4.69) is 49.9 Å². The molecule has 0 bridgehead atoms. The van der Waals surface area contributed by atoms with Gasteiger partial charge in [0.15, 0.2) is 0 Å². The van der Waals surface area contributed by atoms with Gasteiger partial charge >= 0.3 is 0 Å². The molecule has 0 spiro atoms.